The lowest BCUT2D eigenvalue weighted by molar-refractivity contribution is -0.124. The molecule has 24 heavy (non-hydrogen) atoms. The second-order valence-corrected chi connectivity index (χ2v) is 6.16. The molecule has 8 heteroatoms. The van der Waals surface area contributed by atoms with Crippen LogP contribution in [0.1, 0.15) is 47.3 Å². The van der Waals surface area contributed by atoms with Crippen LogP contribution >= 0.6 is 0 Å². The number of hydrogen-bond acceptors (Lipinski definition) is 5. The maximum Gasteiger partial charge on any atom is 0.251 e. The van der Waals surface area contributed by atoms with E-state index >= 15 is 0 Å². The van der Waals surface area contributed by atoms with Crippen molar-refractivity contribution in [3.8, 4) is 0 Å². The summed E-state index contributed by atoms with van der Waals surface area (Å²) < 4.78 is 1.87. The van der Waals surface area contributed by atoms with Gasteiger partial charge in [0, 0.05) is 30.4 Å². The number of amides is 2. The molecule has 0 aromatic carbocycles. The van der Waals surface area contributed by atoms with Gasteiger partial charge in [0.1, 0.15) is 11.9 Å². The number of nitrogens with zero attached hydrogens (tertiary/aromatic N) is 4. The summed E-state index contributed by atoms with van der Waals surface area (Å²) in [7, 11) is 0. The minimum Gasteiger partial charge on any atom is -0.352 e. The fourth-order valence-corrected chi connectivity index (χ4v) is 2.94. The Morgan fingerprint density at radius 1 is 1.17 bits per heavy atom. The van der Waals surface area contributed by atoms with Crippen molar-refractivity contribution in [2.24, 2.45) is 0 Å². The summed E-state index contributed by atoms with van der Waals surface area (Å²) in [6.45, 7) is 0.237. The normalized spacial score (nSPS) is 18.9. The average Bonchev–Trinajstić information content (AvgIpc) is 3.17. The van der Waals surface area contributed by atoms with E-state index in [1.54, 1.807) is 24.5 Å². The largest absolute Gasteiger partial charge is 0.352 e. The van der Waals surface area contributed by atoms with Crippen molar-refractivity contribution in [3.63, 3.8) is 0 Å². The van der Waals surface area contributed by atoms with Gasteiger partial charge in [0.15, 0.2) is 5.82 Å². The molecule has 2 aromatic heterocycles. The van der Waals surface area contributed by atoms with E-state index in [0.717, 1.165) is 31.5 Å². The number of hydrogen-bond donors (Lipinski definition) is 2. The van der Waals surface area contributed by atoms with Gasteiger partial charge in [-0.3, -0.25) is 14.6 Å². The first-order chi connectivity index (χ1) is 11.7. The lowest BCUT2D eigenvalue weighted by Crippen LogP contribution is -2.34. The van der Waals surface area contributed by atoms with E-state index in [2.05, 4.69) is 25.8 Å². The molecule has 2 amide bonds. The zero-order valence-electron chi connectivity index (χ0n) is 13.1. The van der Waals surface area contributed by atoms with Gasteiger partial charge in [-0.15, -0.1) is 10.2 Å². The van der Waals surface area contributed by atoms with Gasteiger partial charge >= 0.3 is 0 Å². The van der Waals surface area contributed by atoms with Gasteiger partial charge in [-0.1, -0.05) is 0 Å². The monoisotopic (exact) mass is 326 g/mol. The molecule has 1 aliphatic carbocycles. The summed E-state index contributed by atoms with van der Waals surface area (Å²) >= 11 is 0. The Bertz CT molecular complexity index is 768. The van der Waals surface area contributed by atoms with Gasteiger partial charge in [-0.05, 0) is 31.4 Å². The SMILES string of the molecule is O=C(NCc1nnc2n1C(C(=O)NC1CC1)CC2)c1ccncc1. The Kier molecular flexibility index (Phi) is 3.72. The number of nitrogens with one attached hydrogen (secondary N) is 2. The summed E-state index contributed by atoms with van der Waals surface area (Å²) in [6.07, 6.45) is 6.72. The highest BCUT2D eigenvalue weighted by Crippen LogP contribution is 2.28. The maximum atomic E-state index is 12.4. The van der Waals surface area contributed by atoms with E-state index in [0.29, 0.717) is 17.4 Å². The Labute approximate surface area is 138 Å². The number of carbonyl (C=O) groups is 2. The number of fused-ring (bicyclic) bond motifs is 1. The smallest absolute Gasteiger partial charge is 0.251 e. The molecule has 1 aliphatic heterocycles. The first-order valence-electron chi connectivity index (χ1n) is 8.13. The van der Waals surface area contributed by atoms with Crippen LogP contribution < -0.4 is 10.6 Å². The number of aryl methyl sites for hydroxylation is 1. The topological polar surface area (TPSA) is 102 Å². The quantitative estimate of drug-likeness (QED) is 0.826. The molecule has 3 heterocycles. The average molecular weight is 326 g/mol. The first-order valence-corrected chi connectivity index (χ1v) is 8.13. The third-order valence-corrected chi connectivity index (χ3v) is 4.37. The first kappa shape index (κ1) is 14.8. The highest BCUT2D eigenvalue weighted by molar-refractivity contribution is 5.93. The van der Waals surface area contributed by atoms with Crippen LogP contribution in [0.4, 0.5) is 0 Å². The molecule has 0 saturated heterocycles. The molecular formula is C16H18N6O2. The highest BCUT2D eigenvalue weighted by atomic mass is 16.2. The summed E-state index contributed by atoms with van der Waals surface area (Å²) in [5.41, 5.74) is 0.536. The van der Waals surface area contributed by atoms with Gasteiger partial charge in [0.05, 0.1) is 6.54 Å². The Balaban J connectivity index is 1.45. The van der Waals surface area contributed by atoms with Crippen molar-refractivity contribution in [2.75, 3.05) is 0 Å². The number of aromatic nitrogens is 4. The van der Waals surface area contributed by atoms with Crippen LogP contribution in [-0.4, -0.2) is 37.6 Å². The van der Waals surface area contributed by atoms with Crippen LogP contribution in [-0.2, 0) is 17.8 Å². The van der Waals surface area contributed by atoms with Crippen LogP contribution in [0.5, 0.6) is 0 Å². The molecule has 2 N–H and O–H groups in total. The molecule has 4 rings (SSSR count). The number of carbonyl (C=O) groups excluding carboxylic acids is 2. The third kappa shape index (κ3) is 2.86. The van der Waals surface area contributed by atoms with Crippen molar-refractivity contribution < 1.29 is 9.59 Å². The summed E-state index contributed by atoms with van der Waals surface area (Å²) in [5, 5.41) is 14.1. The fourth-order valence-electron chi connectivity index (χ4n) is 2.94. The molecule has 2 aliphatic rings. The fraction of sp³-hybridized carbons (Fsp3) is 0.438. The van der Waals surface area contributed by atoms with Gasteiger partial charge in [0.25, 0.3) is 5.91 Å². The van der Waals surface area contributed by atoms with Crippen LogP contribution in [0.3, 0.4) is 0 Å². The highest BCUT2D eigenvalue weighted by Gasteiger charge is 2.34. The third-order valence-electron chi connectivity index (χ3n) is 4.37. The van der Waals surface area contributed by atoms with Gasteiger partial charge < -0.3 is 15.2 Å². The predicted molar refractivity (Wildman–Crippen MR) is 84.0 cm³/mol. The van der Waals surface area contributed by atoms with Crippen molar-refractivity contribution in [1.29, 1.82) is 0 Å². The van der Waals surface area contributed by atoms with E-state index in [-0.39, 0.29) is 24.4 Å². The second-order valence-electron chi connectivity index (χ2n) is 6.16. The molecule has 1 fully saturated rings. The molecule has 1 saturated carbocycles. The van der Waals surface area contributed by atoms with Crippen LogP contribution in [0.2, 0.25) is 0 Å². The standard InChI is InChI=1S/C16H18N6O2/c23-15(10-5-7-17-8-6-10)18-9-14-21-20-13-4-3-12(22(13)14)16(24)19-11-1-2-11/h5-8,11-12H,1-4,9H2,(H,18,23)(H,19,24). The summed E-state index contributed by atoms with van der Waals surface area (Å²) in [6, 6.07) is 3.35. The molecule has 1 atom stereocenters. The van der Waals surface area contributed by atoms with Crippen LogP contribution in [0.25, 0.3) is 0 Å². The van der Waals surface area contributed by atoms with E-state index in [9.17, 15) is 9.59 Å². The Morgan fingerprint density at radius 3 is 2.71 bits per heavy atom. The molecule has 0 radical (unpaired) electrons. The predicted octanol–water partition coefficient (Wildman–Crippen LogP) is 0.369. The number of rotatable bonds is 5. The molecule has 2 aromatic rings. The van der Waals surface area contributed by atoms with Crippen LogP contribution in [0, 0.1) is 0 Å². The van der Waals surface area contributed by atoms with Crippen molar-refractivity contribution in [3.05, 3.63) is 41.7 Å². The molecule has 1 unspecified atom stereocenters. The minimum absolute atomic E-state index is 0.0257. The summed E-state index contributed by atoms with van der Waals surface area (Å²) in [5.74, 6) is 1.24. The zero-order valence-corrected chi connectivity index (χ0v) is 13.1. The molecule has 124 valence electrons. The second kappa shape index (κ2) is 6.03. The number of pyridine rings is 1. The lowest BCUT2D eigenvalue weighted by Gasteiger charge is -2.15. The van der Waals surface area contributed by atoms with Crippen molar-refractivity contribution in [1.82, 2.24) is 30.4 Å². The molecule has 0 bridgehead atoms. The maximum absolute atomic E-state index is 12.4. The zero-order chi connectivity index (χ0) is 16.5. The molecular weight excluding hydrogens is 308 g/mol. The van der Waals surface area contributed by atoms with E-state index in [4.69, 9.17) is 0 Å². The summed E-state index contributed by atoms with van der Waals surface area (Å²) in [4.78, 5) is 28.4. The van der Waals surface area contributed by atoms with Crippen molar-refractivity contribution >= 4 is 11.8 Å². The molecule has 0 spiro atoms. The lowest BCUT2D eigenvalue weighted by atomic mass is 10.2. The minimum atomic E-state index is -0.275. The van der Waals surface area contributed by atoms with Gasteiger partial charge in [-0.2, -0.15) is 0 Å². The Hall–Kier alpha value is -2.77. The van der Waals surface area contributed by atoms with E-state index in [1.165, 1.54) is 0 Å². The van der Waals surface area contributed by atoms with Gasteiger partial charge in [0.2, 0.25) is 5.91 Å². The van der Waals surface area contributed by atoms with E-state index in [1.807, 2.05) is 4.57 Å². The molecule has 8 nitrogen and oxygen atoms in total. The van der Waals surface area contributed by atoms with Crippen LogP contribution in [0.15, 0.2) is 24.5 Å². The Morgan fingerprint density at radius 2 is 1.96 bits per heavy atom. The van der Waals surface area contributed by atoms with E-state index < -0.39 is 0 Å². The van der Waals surface area contributed by atoms with Crippen molar-refractivity contribution in [2.45, 2.75) is 44.3 Å². The van der Waals surface area contributed by atoms with Gasteiger partial charge in [-0.25, -0.2) is 0 Å².